The molecule has 0 aliphatic rings. The number of ether oxygens (including phenoxy) is 2. The molecule has 1 rings (SSSR count). The van der Waals surface area contributed by atoms with Gasteiger partial charge in [-0.1, -0.05) is 33.1 Å². The Hall–Kier alpha value is -1.55. The molecule has 1 aromatic rings. The van der Waals surface area contributed by atoms with Crippen molar-refractivity contribution in [2.45, 2.75) is 58.5 Å². The Labute approximate surface area is 134 Å². The van der Waals surface area contributed by atoms with Gasteiger partial charge in [-0.15, -0.1) is 0 Å². The van der Waals surface area contributed by atoms with Gasteiger partial charge in [0, 0.05) is 12.8 Å². The standard InChI is InChI=1S/C18H29NO3/c1-5-7-8-13-18(3,21-4)17(20)19-15-9-11-16(12-10-15)22-14-6-2/h9-12H,5-8,13-14H2,1-4H3,(H,19,20). The first kappa shape index (κ1) is 18.5. The molecule has 4 heteroatoms. The molecule has 0 aliphatic carbocycles. The quantitative estimate of drug-likeness (QED) is 0.652. The lowest BCUT2D eigenvalue weighted by Crippen LogP contribution is -2.41. The lowest BCUT2D eigenvalue weighted by Gasteiger charge is -2.27. The van der Waals surface area contributed by atoms with E-state index in [1.165, 1.54) is 0 Å². The van der Waals surface area contributed by atoms with Gasteiger partial charge in [0.05, 0.1) is 6.61 Å². The fourth-order valence-corrected chi connectivity index (χ4v) is 2.14. The summed E-state index contributed by atoms with van der Waals surface area (Å²) in [5.41, 5.74) is -0.0281. The Morgan fingerprint density at radius 1 is 1.14 bits per heavy atom. The number of methoxy groups -OCH3 is 1. The second-order valence-electron chi connectivity index (χ2n) is 5.72. The monoisotopic (exact) mass is 307 g/mol. The molecule has 0 heterocycles. The first-order valence-corrected chi connectivity index (χ1v) is 8.15. The summed E-state index contributed by atoms with van der Waals surface area (Å²) in [4.78, 5) is 12.4. The minimum atomic E-state index is -0.785. The molecule has 0 aromatic heterocycles. The number of amides is 1. The summed E-state index contributed by atoms with van der Waals surface area (Å²) in [6.07, 6.45) is 4.91. The SMILES string of the molecule is CCCCCC(C)(OC)C(=O)Nc1ccc(OCCC)cc1. The van der Waals surface area contributed by atoms with E-state index in [4.69, 9.17) is 9.47 Å². The normalized spacial score (nSPS) is 13.5. The average molecular weight is 307 g/mol. The van der Waals surface area contributed by atoms with Gasteiger partial charge < -0.3 is 14.8 Å². The molecule has 0 saturated carbocycles. The Balaban J connectivity index is 2.61. The van der Waals surface area contributed by atoms with Gasteiger partial charge in [0.15, 0.2) is 0 Å². The third-order valence-corrected chi connectivity index (χ3v) is 3.77. The van der Waals surface area contributed by atoms with Crippen LogP contribution < -0.4 is 10.1 Å². The summed E-state index contributed by atoms with van der Waals surface area (Å²) in [5.74, 6) is 0.714. The highest BCUT2D eigenvalue weighted by molar-refractivity contribution is 5.97. The highest BCUT2D eigenvalue weighted by Gasteiger charge is 2.32. The van der Waals surface area contributed by atoms with E-state index in [2.05, 4.69) is 19.2 Å². The number of carbonyl (C=O) groups is 1. The predicted octanol–water partition coefficient (Wildman–Crippen LogP) is 4.40. The summed E-state index contributed by atoms with van der Waals surface area (Å²) >= 11 is 0. The van der Waals surface area contributed by atoms with Crippen LogP contribution in [0.3, 0.4) is 0 Å². The van der Waals surface area contributed by atoms with E-state index >= 15 is 0 Å². The van der Waals surface area contributed by atoms with E-state index < -0.39 is 5.60 Å². The molecule has 0 spiro atoms. The molecule has 0 aliphatic heterocycles. The number of unbranched alkanes of at least 4 members (excludes halogenated alkanes) is 2. The Morgan fingerprint density at radius 2 is 1.82 bits per heavy atom. The van der Waals surface area contributed by atoms with Gasteiger partial charge in [0.25, 0.3) is 5.91 Å². The lowest BCUT2D eigenvalue weighted by molar-refractivity contribution is -0.136. The number of rotatable bonds is 10. The van der Waals surface area contributed by atoms with Crippen LogP contribution in [0.15, 0.2) is 24.3 Å². The zero-order valence-corrected chi connectivity index (χ0v) is 14.3. The van der Waals surface area contributed by atoms with Gasteiger partial charge in [0.1, 0.15) is 11.4 Å². The van der Waals surface area contributed by atoms with Crippen LogP contribution in [-0.4, -0.2) is 25.2 Å². The second kappa shape index (κ2) is 9.46. The molecule has 0 fully saturated rings. The minimum Gasteiger partial charge on any atom is -0.494 e. The zero-order chi connectivity index (χ0) is 16.4. The van der Waals surface area contributed by atoms with Crippen LogP contribution in [0.1, 0.15) is 52.9 Å². The van der Waals surface area contributed by atoms with Gasteiger partial charge >= 0.3 is 0 Å². The van der Waals surface area contributed by atoms with Gasteiger partial charge in [-0.2, -0.15) is 0 Å². The summed E-state index contributed by atoms with van der Waals surface area (Å²) < 4.78 is 11.0. The number of hydrogen-bond acceptors (Lipinski definition) is 3. The van der Waals surface area contributed by atoms with E-state index in [-0.39, 0.29) is 5.91 Å². The predicted molar refractivity (Wildman–Crippen MR) is 90.4 cm³/mol. The van der Waals surface area contributed by atoms with Crippen molar-refractivity contribution in [3.8, 4) is 5.75 Å². The smallest absolute Gasteiger partial charge is 0.256 e. The van der Waals surface area contributed by atoms with Crippen LogP contribution in [0.25, 0.3) is 0 Å². The highest BCUT2D eigenvalue weighted by Crippen LogP contribution is 2.22. The first-order chi connectivity index (χ1) is 10.6. The van der Waals surface area contributed by atoms with Crippen molar-refractivity contribution in [2.75, 3.05) is 19.0 Å². The number of benzene rings is 1. The molecule has 1 aromatic carbocycles. The maximum absolute atomic E-state index is 12.4. The Kier molecular flexibility index (Phi) is 7.96. The molecule has 1 amide bonds. The van der Waals surface area contributed by atoms with Gasteiger partial charge in [-0.05, 0) is 44.0 Å². The molecule has 0 bridgehead atoms. The topological polar surface area (TPSA) is 47.6 Å². The second-order valence-corrected chi connectivity index (χ2v) is 5.72. The summed E-state index contributed by atoms with van der Waals surface area (Å²) in [5, 5.41) is 2.92. The minimum absolute atomic E-state index is 0.103. The molecule has 1 atom stereocenters. The Bertz CT molecular complexity index is 444. The van der Waals surface area contributed by atoms with Crippen LogP contribution in [0.2, 0.25) is 0 Å². The molecule has 0 saturated heterocycles. The van der Waals surface area contributed by atoms with Gasteiger partial charge in [-0.25, -0.2) is 0 Å². The molecular weight excluding hydrogens is 278 g/mol. The number of hydrogen-bond donors (Lipinski definition) is 1. The van der Waals surface area contributed by atoms with E-state index in [0.717, 1.165) is 43.5 Å². The lowest BCUT2D eigenvalue weighted by atomic mass is 9.97. The van der Waals surface area contributed by atoms with Crippen LogP contribution in [0.4, 0.5) is 5.69 Å². The fourth-order valence-electron chi connectivity index (χ4n) is 2.14. The molecule has 0 radical (unpaired) electrons. The van der Waals surface area contributed by atoms with E-state index in [0.29, 0.717) is 6.61 Å². The maximum atomic E-state index is 12.4. The zero-order valence-electron chi connectivity index (χ0n) is 14.3. The van der Waals surface area contributed by atoms with Gasteiger partial charge in [-0.3, -0.25) is 4.79 Å². The number of nitrogens with one attached hydrogen (secondary N) is 1. The molecule has 1 N–H and O–H groups in total. The van der Waals surface area contributed by atoms with Crippen LogP contribution >= 0.6 is 0 Å². The van der Waals surface area contributed by atoms with Gasteiger partial charge in [0.2, 0.25) is 0 Å². The average Bonchev–Trinajstić information content (AvgIpc) is 2.54. The molecule has 124 valence electrons. The van der Waals surface area contributed by atoms with Crippen molar-refractivity contribution in [1.82, 2.24) is 0 Å². The van der Waals surface area contributed by atoms with Crippen molar-refractivity contribution in [1.29, 1.82) is 0 Å². The van der Waals surface area contributed by atoms with Crippen LogP contribution in [-0.2, 0) is 9.53 Å². The largest absolute Gasteiger partial charge is 0.494 e. The van der Waals surface area contributed by atoms with Crippen LogP contribution in [0.5, 0.6) is 5.75 Å². The van der Waals surface area contributed by atoms with Crippen molar-refractivity contribution >= 4 is 11.6 Å². The summed E-state index contributed by atoms with van der Waals surface area (Å²) in [6, 6.07) is 7.44. The van der Waals surface area contributed by atoms with Crippen molar-refractivity contribution in [2.24, 2.45) is 0 Å². The number of carbonyl (C=O) groups excluding carboxylic acids is 1. The van der Waals surface area contributed by atoms with E-state index in [1.807, 2.05) is 31.2 Å². The maximum Gasteiger partial charge on any atom is 0.256 e. The molecule has 22 heavy (non-hydrogen) atoms. The Morgan fingerprint density at radius 3 is 2.36 bits per heavy atom. The first-order valence-electron chi connectivity index (χ1n) is 8.15. The molecule has 1 unspecified atom stereocenters. The number of anilines is 1. The van der Waals surface area contributed by atoms with Crippen molar-refractivity contribution in [3.63, 3.8) is 0 Å². The summed E-state index contributed by atoms with van der Waals surface area (Å²) in [6.45, 7) is 6.76. The van der Waals surface area contributed by atoms with Crippen LogP contribution in [0, 0.1) is 0 Å². The van der Waals surface area contributed by atoms with Crippen molar-refractivity contribution in [3.05, 3.63) is 24.3 Å². The third-order valence-electron chi connectivity index (χ3n) is 3.77. The van der Waals surface area contributed by atoms with E-state index in [9.17, 15) is 4.79 Å². The molecular formula is C18H29NO3. The van der Waals surface area contributed by atoms with Crippen molar-refractivity contribution < 1.29 is 14.3 Å². The summed E-state index contributed by atoms with van der Waals surface area (Å²) in [7, 11) is 1.59. The fraction of sp³-hybridized carbons (Fsp3) is 0.611. The molecule has 4 nitrogen and oxygen atoms in total. The third kappa shape index (κ3) is 5.68. The highest BCUT2D eigenvalue weighted by atomic mass is 16.5. The van der Waals surface area contributed by atoms with E-state index in [1.54, 1.807) is 7.11 Å².